The smallest absolute Gasteiger partial charge is 0.346 e. The number of carbonyl (C=O) groups is 1. The first kappa shape index (κ1) is 52.8. The van der Waals surface area contributed by atoms with Crippen LogP contribution in [0.5, 0.6) is 0 Å². The zero-order chi connectivity index (χ0) is 49.1. The van der Waals surface area contributed by atoms with Crippen molar-refractivity contribution in [1.82, 2.24) is 0 Å². The van der Waals surface area contributed by atoms with E-state index in [2.05, 4.69) is 142 Å². The van der Waals surface area contributed by atoms with Crippen LogP contribution in [0.2, 0.25) is 0 Å². The molecule has 3 aromatic carbocycles. The number of carboxylic acids is 1. The molecule has 0 radical (unpaired) electrons. The monoisotopic (exact) mass is 1000 g/mol. The van der Waals surface area contributed by atoms with Gasteiger partial charge >= 0.3 is 5.97 Å². The quantitative estimate of drug-likeness (QED) is 0.0288. The van der Waals surface area contributed by atoms with Crippen LogP contribution in [0.3, 0.4) is 0 Å². The molecule has 7 aromatic rings. The largest absolute Gasteiger partial charge is 0.477 e. The van der Waals surface area contributed by atoms with Crippen molar-refractivity contribution in [2.45, 2.75) is 156 Å². The molecule has 8 heteroatoms. The van der Waals surface area contributed by atoms with Crippen LogP contribution in [0.1, 0.15) is 158 Å². The van der Waals surface area contributed by atoms with Gasteiger partial charge in [-0.2, -0.15) is 5.26 Å². The van der Waals surface area contributed by atoms with E-state index in [0.717, 1.165) is 78.9 Å². The number of unbranched alkanes of at least 4 members (excludes halogenated alkanes) is 12. The number of benzene rings is 3. The van der Waals surface area contributed by atoms with Gasteiger partial charge in [-0.05, 0) is 146 Å². The molecule has 70 heavy (non-hydrogen) atoms. The van der Waals surface area contributed by atoms with Crippen molar-refractivity contribution in [3.05, 3.63) is 142 Å². The second-order valence-corrected chi connectivity index (χ2v) is 22.9. The van der Waals surface area contributed by atoms with Gasteiger partial charge in [0, 0.05) is 56.1 Å². The van der Waals surface area contributed by atoms with Gasteiger partial charge in [0.05, 0.1) is 0 Å². The van der Waals surface area contributed by atoms with Gasteiger partial charge in [-0.3, -0.25) is 0 Å². The number of nitrogens with zero attached hydrogens (tertiary/aromatic N) is 2. The summed E-state index contributed by atoms with van der Waals surface area (Å²) in [6.45, 7) is 9.09. The normalized spacial score (nSPS) is 11.6. The van der Waals surface area contributed by atoms with Crippen LogP contribution < -0.4 is 4.90 Å². The Morgan fingerprint density at radius 2 is 0.857 bits per heavy atom. The van der Waals surface area contributed by atoms with Crippen molar-refractivity contribution in [3.8, 4) is 45.8 Å². The highest BCUT2D eigenvalue weighted by Gasteiger charge is 2.23. The fourth-order valence-electron chi connectivity index (χ4n) is 9.33. The van der Waals surface area contributed by atoms with Crippen molar-refractivity contribution in [3.63, 3.8) is 0 Å². The van der Waals surface area contributed by atoms with E-state index in [1.165, 1.54) is 133 Å². The molecule has 0 aliphatic carbocycles. The van der Waals surface area contributed by atoms with Crippen molar-refractivity contribution >= 4 is 74.5 Å². The average molecular weight is 1010 g/mol. The van der Waals surface area contributed by atoms with E-state index in [9.17, 15) is 15.2 Å². The van der Waals surface area contributed by atoms with Crippen LogP contribution in [-0.2, 0) is 30.5 Å². The fourth-order valence-corrected chi connectivity index (χ4v) is 14.5. The second-order valence-electron chi connectivity index (χ2n) is 18.7. The summed E-state index contributed by atoms with van der Waals surface area (Å²) in [7, 11) is 0. The summed E-state index contributed by atoms with van der Waals surface area (Å²) >= 11 is 7.54. The number of aliphatic carboxylic acids is 1. The highest BCUT2D eigenvalue weighted by atomic mass is 32.1. The van der Waals surface area contributed by atoms with Gasteiger partial charge in [0.2, 0.25) is 0 Å². The van der Waals surface area contributed by atoms with Crippen LogP contribution in [0, 0.1) is 11.3 Å². The summed E-state index contributed by atoms with van der Waals surface area (Å²) in [6.07, 6.45) is 24.8. The Bertz CT molecular complexity index is 2730. The van der Waals surface area contributed by atoms with Gasteiger partial charge in [-0.15, -0.1) is 45.3 Å². The van der Waals surface area contributed by atoms with E-state index in [4.69, 9.17) is 0 Å². The third-order valence-electron chi connectivity index (χ3n) is 13.2. The van der Waals surface area contributed by atoms with E-state index in [-0.39, 0.29) is 5.57 Å². The highest BCUT2D eigenvalue weighted by Crippen LogP contribution is 2.50. The number of aryl methyl sites for hydroxylation is 4. The maximum Gasteiger partial charge on any atom is 0.346 e. The van der Waals surface area contributed by atoms with E-state index < -0.39 is 5.97 Å². The SMILES string of the molecule is CCCCCCc1cc(-c2sc(-c3sc(-c4sc(-c5ccc(N(c6ccccc6)c6ccccc6)cc5)cc4CCCCCC)cc3CCCCCC)cc2CCCCCC)sc1/C=C(\C#N)C(=O)O. The molecule has 0 amide bonds. The summed E-state index contributed by atoms with van der Waals surface area (Å²) < 4.78 is 0. The first-order valence-corrected chi connectivity index (χ1v) is 29.5. The molecule has 0 saturated carbocycles. The minimum Gasteiger partial charge on any atom is -0.477 e. The first-order chi connectivity index (χ1) is 34.3. The Morgan fingerprint density at radius 1 is 0.486 bits per heavy atom. The first-order valence-electron chi connectivity index (χ1n) is 26.2. The summed E-state index contributed by atoms with van der Waals surface area (Å²) in [4.78, 5) is 24.7. The topological polar surface area (TPSA) is 64.3 Å². The molecular formula is C62H72N2O2S4. The summed E-state index contributed by atoms with van der Waals surface area (Å²) in [5.41, 5.74) is 9.95. The molecule has 0 fully saturated rings. The molecule has 0 unspecified atom stereocenters. The molecule has 7 rings (SSSR count). The number of thiophene rings is 4. The lowest BCUT2D eigenvalue weighted by molar-refractivity contribution is -0.132. The molecule has 0 saturated heterocycles. The van der Waals surface area contributed by atoms with Gasteiger partial charge < -0.3 is 10.0 Å². The Balaban J connectivity index is 1.30. The Hall–Kier alpha value is -5.04. The van der Waals surface area contributed by atoms with Gasteiger partial charge in [0.15, 0.2) is 0 Å². The molecule has 0 bridgehead atoms. The molecule has 4 nitrogen and oxygen atoms in total. The predicted molar refractivity (Wildman–Crippen MR) is 307 cm³/mol. The Labute approximate surface area is 435 Å². The van der Waals surface area contributed by atoms with Crippen LogP contribution in [0.4, 0.5) is 17.1 Å². The third kappa shape index (κ3) is 14.1. The summed E-state index contributed by atoms with van der Waals surface area (Å²) in [5, 5.41) is 19.7. The molecule has 0 aliphatic heterocycles. The molecule has 4 aromatic heterocycles. The number of nitriles is 1. The lowest BCUT2D eigenvalue weighted by Gasteiger charge is -2.25. The van der Waals surface area contributed by atoms with Crippen molar-refractivity contribution < 1.29 is 9.90 Å². The standard InChI is InChI=1S/C62H72N2O2S4/c1-5-9-13-19-27-46-39-56(67-55(46)43-50(44-63)62(65)66)59-48(29-21-15-11-7-3)41-58(69-59)61-49(30-22-16-12-8-4)42-57(70-61)60-47(28-20-14-10-6-2)40-54(68-60)45-35-37-53(38-36-45)64(51-31-23-17-24-32-51)52-33-25-18-26-34-52/h17-18,23-26,31-43H,5-16,19-22,27-30H2,1-4H3,(H,65,66)/b50-43+. The number of rotatable bonds is 29. The zero-order valence-electron chi connectivity index (χ0n) is 42.0. The molecule has 1 N–H and O–H groups in total. The van der Waals surface area contributed by atoms with Crippen molar-refractivity contribution in [2.75, 3.05) is 4.90 Å². The zero-order valence-corrected chi connectivity index (χ0v) is 45.3. The van der Waals surface area contributed by atoms with Crippen LogP contribution >= 0.6 is 45.3 Å². The summed E-state index contributed by atoms with van der Waals surface area (Å²) in [5.74, 6) is -1.17. The lowest BCUT2D eigenvalue weighted by Crippen LogP contribution is -2.09. The number of hydrogen-bond donors (Lipinski definition) is 1. The van der Waals surface area contributed by atoms with Crippen LogP contribution in [0.25, 0.3) is 45.8 Å². The molecule has 366 valence electrons. The average Bonchev–Trinajstić information content (AvgIpc) is 4.20. The second kappa shape index (κ2) is 27.5. The molecular weight excluding hydrogens is 933 g/mol. The maximum atomic E-state index is 12.1. The molecule has 0 spiro atoms. The Morgan fingerprint density at radius 3 is 1.27 bits per heavy atom. The van der Waals surface area contributed by atoms with E-state index >= 15 is 0 Å². The molecule has 4 heterocycles. The van der Waals surface area contributed by atoms with E-state index in [1.807, 2.05) is 40.1 Å². The number of carboxylic acid groups (broad SMARTS) is 1. The molecule has 0 aliphatic rings. The van der Waals surface area contributed by atoms with Gasteiger partial charge in [0.25, 0.3) is 0 Å². The van der Waals surface area contributed by atoms with Gasteiger partial charge in [-0.25, -0.2) is 4.79 Å². The van der Waals surface area contributed by atoms with Gasteiger partial charge in [-0.1, -0.05) is 153 Å². The summed E-state index contributed by atoms with van der Waals surface area (Å²) in [6, 6.07) is 42.3. The third-order valence-corrected chi connectivity index (χ3v) is 18.4. The number of anilines is 3. The number of hydrogen-bond acceptors (Lipinski definition) is 7. The number of para-hydroxylation sites is 2. The van der Waals surface area contributed by atoms with E-state index in [0.29, 0.717) is 0 Å². The maximum absolute atomic E-state index is 12.1. The highest BCUT2D eigenvalue weighted by molar-refractivity contribution is 7.29. The predicted octanol–water partition coefficient (Wildman–Crippen LogP) is 20.6. The van der Waals surface area contributed by atoms with Crippen molar-refractivity contribution in [2.24, 2.45) is 0 Å². The minimum atomic E-state index is -1.17. The van der Waals surface area contributed by atoms with Crippen LogP contribution in [0.15, 0.2) is 115 Å². The minimum absolute atomic E-state index is 0.204. The van der Waals surface area contributed by atoms with Crippen molar-refractivity contribution in [1.29, 1.82) is 5.26 Å². The van der Waals surface area contributed by atoms with Gasteiger partial charge in [0.1, 0.15) is 11.6 Å². The fraction of sp³-hybridized carbons (Fsp3) is 0.387. The molecule has 0 atom stereocenters. The Kier molecular flexibility index (Phi) is 20.8. The van der Waals surface area contributed by atoms with Crippen LogP contribution in [-0.4, -0.2) is 11.1 Å². The lowest BCUT2D eigenvalue weighted by atomic mass is 10.0. The van der Waals surface area contributed by atoms with E-state index in [1.54, 1.807) is 17.4 Å².